The molecule has 0 bridgehead atoms. The molecule has 1 fully saturated rings. The maximum absolute atomic E-state index is 11.6. The van der Waals surface area contributed by atoms with Gasteiger partial charge in [0.25, 0.3) is 0 Å². The molecular formula is C14H28N2O2. The summed E-state index contributed by atoms with van der Waals surface area (Å²) in [5.74, 6) is -0.152. The van der Waals surface area contributed by atoms with E-state index in [0.717, 1.165) is 6.54 Å². The van der Waals surface area contributed by atoms with Crippen LogP contribution in [0.1, 0.15) is 39.5 Å². The maximum Gasteiger partial charge on any atom is 0.312 e. The van der Waals surface area contributed by atoms with E-state index in [1.54, 1.807) is 0 Å². The van der Waals surface area contributed by atoms with Crippen molar-refractivity contribution in [2.45, 2.75) is 45.1 Å². The molecule has 0 amide bonds. The zero-order valence-corrected chi connectivity index (χ0v) is 12.5. The Kier molecular flexibility index (Phi) is 5.17. The zero-order chi connectivity index (χ0) is 13.8. The number of carbonyl (C=O) groups is 1. The van der Waals surface area contributed by atoms with Gasteiger partial charge < -0.3 is 15.0 Å². The SMILES string of the molecule is COC(=O)C(C)(C)CNCC1(N(C)C)CCCC1. The molecule has 0 aromatic rings. The minimum atomic E-state index is -0.457. The van der Waals surface area contributed by atoms with Gasteiger partial charge in [0.15, 0.2) is 0 Å². The summed E-state index contributed by atoms with van der Waals surface area (Å²) in [5, 5.41) is 3.46. The number of carbonyl (C=O) groups excluding carboxylic acids is 1. The van der Waals surface area contributed by atoms with Crippen molar-refractivity contribution in [3.8, 4) is 0 Å². The van der Waals surface area contributed by atoms with Crippen molar-refractivity contribution in [1.29, 1.82) is 0 Å². The summed E-state index contributed by atoms with van der Waals surface area (Å²) in [7, 11) is 5.75. The smallest absolute Gasteiger partial charge is 0.312 e. The molecule has 0 radical (unpaired) electrons. The van der Waals surface area contributed by atoms with Crippen molar-refractivity contribution in [2.24, 2.45) is 5.41 Å². The first-order chi connectivity index (χ1) is 8.34. The van der Waals surface area contributed by atoms with Crippen LogP contribution in [0.4, 0.5) is 0 Å². The zero-order valence-electron chi connectivity index (χ0n) is 12.5. The molecule has 0 aromatic carbocycles. The molecule has 1 N–H and O–H groups in total. The van der Waals surface area contributed by atoms with Crippen molar-refractivity contribution in [1.82, 2.24) is 10.2 Å². The second kappa shape index (κ2) is 6.02. The number of methoxy groups -OCH3 is 1. The molecule has 0 saturated heterocycles. The summed E-state index contributed by atoms with van der Waals surface area (Å²) in [6, 6.07) is 0. The van der Waals surface area contributed by atoms with E-state index < -0.39 is 5.41 Å². The predicted molar refractivity (Wildman–Crippen MR) is 73.6 cm³/mol. The van der Waals surface area contributed by atoms with Gasteiger partial charge in [-0.1, -0.05) is 12.8 Å². The van der Waals surface area contributed by atoms with Crippen LogP contribution in [0.15, 0.2) is 0 Å². The van der Waals surface area contributed by atoms with Gasteiger partial charge in [0.2, 0.25) is 0 Å². The van der Waals surface area contributed by atoms with Crippen molar-refractivity contribution in [2.75, 3.05) is 34.3 Å². The monoisotopic (exact) mass is 256 g/mol. The lowest BCUT2D eigenvalue weighted by molar-refractivity contribution is -0.150. The maximum atomic E-state index is 11.6. The second-order valence-electron chi connectivity index (χ2n) is 6.30. The molecule has 4 nitrogen and oxygen atoms in total. The number of rotatable bonds is 6. The van der Waals surface area contributed by atoms with Crippen LogP contribution in [0.2, 0.25) is 0 Å². The summed E-state index contributed by atoms with van der Waals surface area (Å²) in [6.07, 6.45) is 5.10. The molecular weight excluding hydrogens is 228 g/mol. The van der Waals surface area contributed by atoms with Gasteiger partial charge in [-0.2, -0.15) is 0 Å². The summed E-state index contributed by atoms with van der Waals surface area (Å²) < 4.78 is 4.82. The van der Waals surface area contributed by atoms with Crippen LogP contribution in [0.25, 0.3) is 0 Å². The molecule has 0 aromatic heterocycles. The highest BCUT2D eigenvalue weighted by atomic mass is 16.5. The Hall–Kier alpha value is -0.610. The van der Waals surface area contributed by atoms with Crippen molar-refractivity contribution >= 4 is 5.97 Å². The fourth-order valence-corrected chi connectivity index (χ4v) is 2.77. The number of likely N-dealkylation sites (N-methyl/N-ethyl adjacent to an activating group) is 1. The number of nitrogens with one attached hydrogen (secondary N) is 1. The lowest BCUT2D eigenvalue weighted by Gasteiger charge is -2.37. The molecule has 0 unspecified atom stereocenters. The van der Waals surface area contributed by atoms with Crippen LogP contribution < -0.4 is 5.32 Å². The quantitative estimate of drug-likeness (QED) is 0.734. The van der Waals surface area contributed by atoms with Crippen LogP contribution >= 0.6 is 0 Å². The van der Waals surface area contributed by atoms with E-state index in [1.807, 2.05) is 13.8 Å². The van der Waals surface area contributed by atoms with Crippen LogP contribution in [0.5, 0.6) is 0 Å². The Balaban J connectivity index is 2.47. The Labute approximate surface area is 111 Å². The van der Waals surface area contributed by atoms with Crippen molar-refractivity contribution in [3.05, 3.63) is 0 Å². The van der Waals surface area contributed by atoms with E-state index in [4.69, 9.17) is 4.74 Å². The van der Waals surface area contributed by atoms with Gasteiger partial charge in [0, 0.05) is 18.6 Å². The van der Waals surface area contributed by atoms with E-state index in [2.05, 4.69) is 24.3 Å². The summed E-state index contributed by atoms with van der Waals surface area (Å²) >= 11 is 0. The third kappa shape index (κ3) is 3.45. The van der Waals surface area contributed by atoms with Gasteiger partial charge in [-0.3, -0.25) is 4.79 Å². The summed E-state index contributed by atoms with van der Waals surface area (Å²) in [6.45, 7) is 5.45. The highest BCUT2D eigenvalue weighted by molar-refractivity contribution is 5.76. The summed E-state index contributed by atoms with van der Waals surface area (Å²) in [4.78, 5) is 13.9. The molecule has 4 heteroatoms. The topological polar surface area (TPSA) is 41.6 Å². The van der Waals surface area contributed by atoms with E-state index in [-0.39, 0.29) is 11.5 Å². The normalized spacial score (nSPS) is 19.2. The molecule has 1 aliphatic rings. The Bertz CT molecular complexity index is 282. The molecule has 1 saturated carbocycles. The average molecular weight is 256 g/mol. The highest BCUT2D eigenvalue weighted by Crippen LogP contribution is 2.33. The molecule has 0 spiro atoms. The van der Waals surface area contributed by atoms with Crippen LogP contribution in [0.3, 0.4) is 0 Å². The molecule has 18 heavy (non-hydrogen) atoms. The standard InChI is InChI=1S/C14H28N2O2/c1-13(2,12(17)18-5)10-15-11-14(16(3)4)8-6-7-9-14/h15H,6-11H2,1-5H3. The van der Waals surface area contributed by atoms with Gasteiger partial charge in [0.1, 0.15) is 0 Å². The molecule has 0 aliphatic heterocycles. The van der Waals surface area contributed by atoms with Crippen LogP contribution in [-0.2, 0) is 9.53 Å². The van der Waals surface area contributed by atoms with E-state index >= 15 is 0 Å². The second-order valence-corrected chi connectivity index (χ2v) is 6.30. The first-order valence-electron chi connectivity index (χ1n) is 6.81. The van der Waals surface area contributed by atoms with Crippen LogP contribution in [0, 0.1) is 5.41 Å². The van der Waals surface area contributed by atoms with Crippen molar-refractivity contribution < 1.29 is 9.53 Å². The molecule has 1 rings (SSSR count). The Morgan fingerprint density at radius 1 is 1.33 bits per heavy atom. The number of hydrogen-bond donors (Lipinski definition) is 1. The van der Waals surface area contributed by atoms with Gasteiger partial charge >= 0.3 is 5.97 Å². The molecule has 1 aliphatic carbocycles. The summed E-state index contributed by atoms with van der Waals surface area (Å²) in [5.41, 5.74) is -0.187. The molecule has 0 heterocycles. The molecule has 106 valence electrons. The number of esters is 1. The third-order valence-electron chi connectivity index (χ3n) is 4.24. The Morgan fingerprint density at radius 3 is 2.33 bits per heavy atom. The fraction of sp³-hybridized carbons (Fsp3) is 0.929. The van der Waals surface area contributed by atoms with Gasteiger partial charge in [-0.25, -0.2) is 0 Å². The average Bonchev–Trinajstić information content (AvgIpc) is 2.77. The fourth-order valence-electron chi connectivity index (χ4n) is 2.77. The molecule has 0 atom stereocenters. The minimum Gasteiger partial charge on any atom is -0.469 e. The lowest BCUT2D eigenvalue weighted by Crippen LogP contribution is -2.51. The number of nitrogens with zero attached hydrogens (tertiary/aromatic N) is 1. The predicted octanol–water partition coefficient (Wildman–Crippen LogP) is 1.65. The minimum absolute atomic E-state index is 0.152. The van der Waals surface area contributed by atoms with E-state index in [9.17, 15) is 4.79 Å². The largest absolute Gasteiger partial charge is 0.469 e. The van der Waals surface area contributed by atoms with Crippen LogP contribution in [-0.4, -0.2) is 50.7 Å². The van der Waals surface area contributed by atoms with Gasteiger partial charge in [-0.05, 0) is 40.8 Å². The van der Waals surface area contributed by atoms with E-state index in [1.165, 1.54) is 32.8 Å². The highest BCUT2D eigenvalue weighted by Gasteiger charge is 2.36. The van der Waals surface area contributed by atoms with Crippen molar-refractivity contribution in [3.63, 3.8) is 0 Å². The first kappa shape index (κ1) is 15.4. The first-order valence-corrected chi connectivity index (χ1v) is 6.81. The van der Waals surface area contributed by atoms with Gasteiger partial charge in [-0.15, -0.1) is 0 Å². The Morgan fingerprint density at radius 2 is 1.89 bits per heavy atom. The number of ether oxygens (including phenoxy) is 1. The van der Waals surface area contributed by atoms with E-state index in [0.29, 0.717) is 6.54 Å². The number of hydrogen-bond acceptors (Lipinski definition) is 4. The third-order valence-corrected chi connectivity index (χ3v) is 4.24. The lowest BCUT2D eigenvalue weighted by atomic mass is 9.91. The van der Waals surface area contributed by atoms with Gasteiger partial charge in [0.05, 0.1) is 12.5 Å².